The average molecular weight is 348 g/mol. The normalized spacial score (nSPS) is 18.0. The molecule has 23 heavy (non-hydrogen) atoms. The lowest BCUT2D eigenvalue weighted by Crippen LogP contribution is -2.41. The third-order valence-corrected chi connectivity index (χ3v) is 4.59. The number of ether oxygens (including phenoxy) is 1. The smallest absolute Gasteiger partial charge is 0.249 e. The summed E-state index contributed by atoms with van der Waals surface area (Å²) in [6, 6.07) is 2.63. The number of amides is 1. The molecule has 0 saturated carbocycles. The topological polar surface area (TPSA) is 75.7 Å². The summed E-state index contributed by atoms with van der Waals surface area (Å²) < 4.78 is 56.4. The van der Waals surface area contributed by atoms with E-state index in [1.807, 2.05) is 0 Å². The Morgan fingerprint density at radius 3 is 2.74 bits per heavy atom. The summed E-state index contributed by atoms with van der Waals surface area (Å²) in [5.41, 5.74) is -0.264. The molecule has 1 fully saturated rings. The van der Waals surface area contributed by atoms with E-state index in [1.165, 1.54) is 0 Å². The molecule has 0 aliphatic carbocycles. The maximum atomic E-state index is 13.8. The summed E-state index contributed by atoms with van der Waals surface area (Å²) in [6.45, 7) is 0.344. The van der Waals surface area contributed by atoms with Crippen molar-refractivity contribution in [1.29, 1.82) is 0 Å². The number of carbonyl (C=O) groups is 1. The summed E-state index contributed by atoms with van der Waals surface area (Å²) >= 11 is 0. The van der Waals surface area contributed by atoms with Gasteiger partial charge in [0, 0.05) is 19.2 Å². The molecule has 1 aromatic carbocycles. The lowest BCUT2D eigenvalue weighted by atomic mass is 10.2. The molecule has 0 radical (unpaired) electrons. The van der Waals surface area contributed by atoms with Gasteiger partial charge in [-0.3, -0.25) is 9.10 Å². The predicted molar refractivity (Wildman–Crippen MR) is 80.5 cm³/mol. The molecule has 1 amide bonds. The first kappa shape index (κ1) is 17.6. The Hall–Kier alpha value is -1.74. The van der Waals surface area contributed by atoms with Crippen LogP contribution in [0.25, 0.3) is 0 Å². The van der Waals surface area contributed by atoms with Crippen LogP contribution in [0.15, 0.2) is 18.2 Å². The van der Waals surface area contributed by atoms with Gasteiger partial charge in [-0.15, -0.1) is 0 Å². The van der Waals surface area contributed by atoms with Crippen molar-refractivity contribution in [2.45, 2.75) is 18.9 Å². The van der Waals surface area contributed by atoms with Crippen molar-refractivity contribution < 1.29 is 26.7 Å². The second-order valence-corrected chi connectivity index (χ2v) is 7.13. The summed E-state index contributed by atoms with van der Waals surface area (Å²) in [5, 5.41) is 2.56. The minimum absolute atomic E-state index is 0.0113. The van der Waals surface area contributed by atoms with Crippen molar-refractivity contribution in [2.75, 3.05) is 30.3 Å². The van der Waals surface area contributed by atoms with E-state index >= 15 is 0 Å². The van der Waals surface area contributed by atoms with Gasteiger partial charge in [0.05, 0.1) is 18.5 Å². The van der Waals surface area contributed by atoms with Gasteiger partial charge in [-0.1, -0.05) is 0 Å². The minimum Gasteiger partial charge on any atom is -0.368 e. The SMILES string of the molecule is CS(=O)(=O)N(CCNC(=O)C1CCCO1)c1ccc(F)cc1F. The Kier molecular flexibility index (Phi) is 5.53. The second kappa shape index (κ2) is 7.22. The van der Waals surface area contributed by atoms with Crippen LogP contribution in [-0.2, 0) is 19.6 Å². The third kappa shape index (κ3) is 4.61. The first-order valence-corrected chi connectivity index (χ1v) is 8.96. The van der Waals surface area contributed by atoms with Gasteiger partial charge in [0.2, 0.25) is 15.9 Å². The fourth-order valence-corrected chi connectivity index (χ4v) is 3.26. The summed E-state index contributed by atoms with van der Waals surface area (Å²) in [7, 11) is -3.78. The zero-order chi connectivity index (χ0) is 17.0. The van der Waals surface area contributed by atoms with Crippen LogP contribution in [0, 0.1) is 11.6 Å². The molecule has 0 aromatic heterocycles. The molecule has 1 atom stereocenters. The van der Waals surface area contributed by atoms with Crippen LogP contribution in [0.4, 0.5) is 14.5 Å². The summed E-state index contributed by atoms with van der Waals surface area (Å²) in [6.07, 6.45) is 1.81. The summed E-state index contributed by atoms with van der Waals surface area (Å²) in [4.78, 5) is 11.8. The molecule has 0 bridgehead atoms. The van der Waals surface area contributed by atoms with E-state index in [2.05, 4.69) is 5.32 Å². The van der Waals surface area contributed by atoms with Crippen LogP contribution in [0.3, 0.4) is 0 Å². The average Bonchev–Trinajstić information content (AvgIpc) is 2.97. The standard InChI is InChI=1S/C14H18F2N2O4S/c1-23(20,21)18(12-5-4-10(15)9-11(12)16)7-6-17-14(19)13-3-2-8-22-13/h4-5,9,13H,2-3,6-8H2,1H3,(H,17,19). The molecule has 1 unspecified atom stereocenters. The maximum absolute atomic E-state index is 13.8. The van der Waals surface area contributed by atoms with Crippen LogP contribution in [-0.4, -0.2) is 46.4 Å². The zero-order valence-electron chi connectivity index (χ0n) is 12.6. The van der Waals surface area contributed by atoms with Crippen molar-refractivity contribution in [2.24, 2.45) is 0 Å². The first-order valence-electron chi connectivity index (χ1n) is 7.11. The summed E-state index contributed by atoms with van der Waals surface area (Å²) in [5.74, 6) is -2.11. The molecule has 9 heteroatoms. The molecule has 1 aliphatic rings. The number of nitrogens with zero attached hydrogens (tertiary/aromatic N) is 1. The van der Waals surface area contributed by atoms with E-state index in [4.69, 9.17) is 4.74 Å². The molecule has 1 saturated heterocycles. The van der Waals surface area contributed by atoms with Crippen molar-refractivity contribution in [3.63, 3.8) is 0 Å². The van der Waals surface area contributed by atoms with E-state index in [9.17, 15) is 22.0 Å². The van der Waals surface area contributed by atoms with E-state index in [0.717, 1.165) is 29.1 Å². The van der Waals surface area contributed by atoms with E-state index in [-0.39, 0.29) is 24.7 Å². The predicted octanol–water partition coefficient (Wildman–Crippen LogP) is 1.03. The maximum Gasteiger partial charge on any atom is 0.249 e. The molecule has 128 valence electrons. The van der Waals surface area contributed by atoms with Gasteiger partial charge in [0.25, 0.3) is 0 Å². The van der Waals surface area contributed by atoms with Gasteiger partial charge in [0.1, 0.15) is 17.7 Å². The van der Waals surface area contributed by atoms with Gasteiger partial charge >= 0.3 is 0 Å². The fraction of sp³-hybridized carbons (Fsp3) is 0.500. The third-order valence-electron chi connectivity index (χ3n) is 3.41. The Balaban J connectivity index is 2.03. The minimum atomic E-state index is -3.78. The van der Waals surface area contributed by atoms with E-state index < -0.39 is 27.8 Å². The number of sulfonamides is 1. The number of carbonyl (C=O) groups excluding carboxylic acids is 1. The van der Waals surface area contributed by atoms with Gasteiger partial charge in [-0.25, -0.2) is 17.2 Å². The molecular formula is C14H18F2N2O4S. The van der Waals surface area contributed by atoms with Gasteiger partial charge in [-0.05, 0) is 25.0 Å². The molecule has 6 nitrogen and oxygen atoms in total. The Morgan fingerprint density at radius 2 is 2.17 bits per heavy atom. The quantitative estimate of drug-likeness (QED) is 0.833. The lowest BCUT2D eigenvalue weighted by molar-refractivity contribution is -0.129. The molecule has 1 heterocycles. The lowest BCUT2D eigenvalue weighted by Gasteiger charge is -2.23. The van der Waals surface area contributed by atoms with Crippen molar-refractivity contribution in [3.05, 3.63) is 29.8 Å². The molecule has 2 rings (SSSR count). The van der Waals surface area contributed by atoms with Crippen LogP contribution < -0.4 is 9.62 Å². The number of hydrogen-bond acceptors (Lipinski definition) is 4. The van der Waals surface area contributed by atoms with E-state index in [0.29, 0.717) is 19.1 Å². The van der Waals surface area contributed by atoms with Gasteiger partial charge < -0.3 is 10.1 Å². The zero-order valence-corrected chi connectivity index (χ0v) is 13.4. The second-order valence-electron chi connectivity index (χ2n) is 5.22. The Morgan fingerprint density at radius 1 is 1.43 bits per heavy atom. The Labute approximate surface area is 133 Å². The number of rotatable bonds is 6. The highest BCUT2D eigenvalue weighted by Gasteiger charge is 2.25. The number of benzene rings is 1. The van der Waals surface area contributed by atoms with Crippen LogP contribution in [0.5, 0.6) is 0 Å². The van der Waals surface area contributed by atoms with E-state index in [1.54, 1.807) is 0 Å². The van der Waals surface area contributed by atoms with Gasteiger partial charge in [-0.2, -0.15) is 0 Å². The largest absolute Gasteiger partial charge is 0.368 e. The molecular weight excluding hydrogens is 330 g/mol. The fourth-order valence-electron chi connectivity index (χ4n) is 2.33. The molecule has 0 spiro atoms. The number of anilines is 1. The van der Waals surface area contributed by atoms with Crippen LogP contribution >= 0.6 is 0 Å². The van der Waals surface area contributed by atoms with Crippen molar-refractivity contribution in [3.8, 4) is 0 Å². The number of nitrogens with one attached hydrogen (secondary N) is 1. The highest BCUT2D eigenvalue weighted by molar-refractivity contribution is 7.92. The monoisotopic (exact) mass is 348 g/mol. The highest BCUT2D eigenvalue weighted by atomic mass is 32.2. The molecule has 1 aliphatic heterocycles. The van der Waals surface area contributed by atoms with Crippen LogP contribution in [0.2, 0.25) is 0 Å². The van der Waals surface area contributed by atoms with Crippen LogP contribution in [0.1, 0.15) is 12.8 Å². The van der Waals surface area contributed by atoms with Crippen molar-refractivity contribution >= 4 is 21.6 Å². The number of halogens is 2. The molecule has 1 aromatic rings. The molecule has 1 N–H and O–H groups in total. The first-order chi connectivity index (χ1) is 10.8. The number of hydrogen-bond donors (Lipinski definition) is 1. The highest BCUT2D eigenvalue weighted by Crippen LogP contribution is 2.22. The van der Waals surface area contributed by atoms with Crippen molar-refractivity contribution in [1.82, 2.24) is 5.32 Å². The van der Waals surface area contributed by atoms with Gasteiger partial charge in [0.15, 0.2) is 0 Å². The Bertz CT molecular complexity index is 675.